The van der Waals surface area contributed by atoms with Gasteiger partial charge in [0.2, 0.25) is 5.95 Å². The van der Waals surface area contributed by atoms with E-state index in [1.54, 1.807) is 12.3 Å². The first-order valence-electron chi connectivity index (χ1n) is 7.30. The zero-order chi connectivity index (χ0) is 16.0. The molecule has 0 aliphatic carbocycles. The highest BCUT2D eigenvalue weighted by Gasteiger charge is 2.19. The van der Waals surface area contributed by atoms with E-state index in [1.807, 2.05) is 17.5 Å². The highest BCUT2D eigenvalue weighted by Crippen LogP contribution is 2.30. The molecule has 0 bridgehead atoms. The Kier molecular flexibility index (Phi) is 3.45. The normalized spacial score (nSPS) is 13.2. The van der Waals surface area contributed by atoms with Crippen LogP contribution in [0.15, 0.2) is 29.0 Å². The Balaban J connectivity index is 1.68. The second kappa shape index (κ2) is 5.49. The van der Waals surface area contributed by atoms with Crippen molar-refractivity contribution in [1.82, 2.24) is 14.4 Å². The first-order chi connectivity index (χ1) is 11.1. The van der Waals surface area contributed by atoms with Gasteiger partial charge in [-0.2, -0.15) is 0 Å². The van der Waals surface area contributed by atoms with Crippen molar-refractivity contribution >= 4 is 27.5 Å². The zero-order valence-electron chi connectivity index (χ0n) is 12.4. The maximum Gasteiger partial charge on any atom is 0.208 e. The fraction of sp³-hybridized carbons (Fsp3) is 0.250. The van der Waals surface area contributed by atoms with Crippen LogP contribution in [0.1, 0.15) is 16.8 Å². The summed E-state index contributed by atoms with van der Waals surface area (Å²) in [5.41, 5.74) is 3.24. The lowest BCUT2D eigenvalue weighted by molar-refractivity contribution is 0.356. The molecule has 23 heavy (non-hydrogen) atoms. The van der Waals surface area contributed by atoms with Gasteiger partial charge in [0, 0.05) is 36.5 Å². The molecular weight excluding hydrogens is 363 g/mol. The number of hydrogen-bond donors (Lipinski definition) is 1. The third-order valence-corrected chi connectivity index (χ3v) is 4.49. The van der Waals surface area contributed by atoms with Crippen LogP contribution in [0, 0.1) is 12.7 Å². The summed E-state index contributed by atoms with van der Waals surface area (Å²) in [7, 11) is 0. The van der Waals surface area contributed by atoms with Gasteiger partial charge in [-0.1, -0.05) is 0 Å². The van der Waals surface area contributed by atoms with Crippen LogP contribution in [0.25, 0.3) is 5.65 Å². The predicted molar refractivity (Wildman–Crippen MR) is 88.3 cm³/mol. The van der Waals surface area contributed by atoms with E-state index in [9.17, 15) is 4.39 Å². The number of fused-ring (bicyclic) bond motifs is 2. The fourth-order valence-corrected chi connectivity index (χ4v) is 3.25. The Hall–Kier alpha value is -2.15. The van der Waals surface area contributed by atoms with Gasteiger partial charge in [0.05, 0.1) is 16.8 Å². The molecule has 0 fully saturated rings. The van der Waals surface area contributed by atoms with E-state index in [0.717, 1.165) is 33.5 Å². The molecule has 7 heteroatoms. The molecule has 0 radical (unpaired) electrons. The van der Waals surface area contributed by atoms with Crippen LogP contribution < -0.4 is 10.1 Å². The highest BCUT2D eigenvalue weighted by molar-refractivity contribution is 9.10. The molecule has 4 rings (SSSR count). The minimum Gasteiger partial charge on any atom is -0.493 e. The summed E-state index contributed by atoms with van der Waals surface area (Å²) < 4.78 is 22.4. The predicted octanol–water partition coefficient (Wildman–Crippen LogP) is 3.49. The van der Waals surface area contributed by atoms with E-state index in [4.69, 9.17) is 4.74 Å². The Labute approximate surface area is 140 Å². The van der Waals surface area contributed by atoms with E-state index < -0.39 is 0 Å². The number of imidazole rings is 1. The van der Waals surface area contributed by atoms with Crippen LogP contribution in [-0.4, -0.2) is 21.0 Å². The molecule has 118 valence electrons. The van der Waals surface area contributed by atoms with Crippen LogP contribution in [0.5, 0.6) is 5.75 Å². The molecule has 0 amide bonds. The second-order valence-corrected chi connectivity index (χ2v) is 6.31. The van der Waals surface area contributed by atoms with Gasteiger partial charge in [-0.15, -0.1) is 0 Å². The quantitative estimate of drug-likeness (QED) is 0.759. The average molecular weight is 377 g/mol. The molecule has 1 N–H and O–H groups in total. The summed E-state index contributed by atoms with van der Waals surface area (Å²) in [5, 5.41) is 3.21. The minimum atomic E-state index is -0.225. The summed E-state index contributed by atoms with van der Waals surface area (Å²) in [6, 6.07) is 3.14. The summed E-state index contributed by atoms with van der Waals surface area (Å²) in [6.45, 7) is 2.87. The Bertz CT molecular complexity index is 909. The molecule has 3 aromatic rings. The molecule has 0 saturated carbocycles. The summed E-state index contributed by atoms with van der Waals surface area (Å²) in [4.78, 5) is 8.82. The van der Waals surface area contributed by atoms with Gasteiger partial charge in [0.25, 0.3) is 0 Å². The molecule has 2 aromatic heterocycles. The molecule has 3 heterocycles. The largest absolute Gasteiger partial charge is 0.493 e. The Morgan fingerprint density at radius 1 is 1.43 bits per heavy atom. The summed E-state index contributed by atoms with van der Waals surface area (Å²) in [6.07, 6.45) is 4.32. The van der Waals surface area contributed by atoms with Crippen LogP contribution in [0.2, 0.25) is 0 Å². The smallest absolute Gasteiger partial charge is 0.208 e. The van der Waals surface area contributed by atoms with Gasteiger partial charge >= 0.3 is 0 Å². The monoisotopic (exact) mass is 376 g/mol. The maximum atomic E-state index is 14.2. The van der Waals surface area contributed by atoms with Gasteiger partial charge in [0.1, 0.15) is 11.6 Å². The number of aryl methyl sites for hydroxylation is 1. The van der Waals surface area contributed by atoms with E-state index in [2.05, 4.69) is 31.2 Å². The SMILES string of the molecule is Cc1cn2c(NCc3c(F)ccc4c3CCO4)ncc(Br)c2n1. The van der Waals surface area contributed by atoms with E-state index >= 15 is 0 Å². The first-order valence-corrected chi connectivity index (χ1v) is 8.10. The molecular formula is C16H14BrFN4O. The van der Waals surface area contributed by atoms with Crippen LogP contribution in [0.4, 0.5) is 10.3 Å². The van der Waals surface area contributed by atoms with Gasteiger partial charge in [-0.05, 0) is 35.0 Å². The van der Waals surface area contributed by atoms with Crippen molar-refractivity contribution in [2.45, 2.75) is 19.9 Å². The lowest BCUT2D eigenvalue weighted by Crippen LogP contribution is -2.09. The number of anilines is 1. The second-order valence-electron chi connectivity index (χ2n) is 5.46. The maximum absolute atomic E-state index is 14.2. The molecule has 0 spiro atoms. The Morgan fingerprint density at radius 2 is 2.30 bits per heavy atom. The van der Waals surface area contributed by atoms with Crippen LogP contribution >= 0.6 is 15.9 Å². The van der Waals surface area contributed by atoms with E-state index in [-0.39, 0.29) is 5.82 Å². The zero-order valence-corrected chi connectivity index (χ0v) is 14.0. The Morgan fingerprint density at radius 3 is 3.17 bits per heavy atom. The molecule has 1 aliphatic rings. The molecule has 5 nitrogen and oxygen atoms in total. The molecule has 0 saturated heterocycles. The lowest BCUT2D eigenvalue weighted by Gasteiger charge is -2.12. The molecule has 0 unspecified atom stereocenters. The third kappa shape index (κ3) is 2.45. The number of hydrogen-bond acceptors (Lipinski definition) is 4. The fourth-order valence-electron chi connectivity index (χ4n) is 2.87. The number of rotatable bonds is 3. The summed E-state index contributed by atoms with van der Waals surface area (Å²) >= 11 is 3.44. The average Bonchev–Trinajstić information content (AvgIpc) is 3.14. The molecule has 1 aromatic carbocycles. The van der Waals surface area contributed by atoms with Crippen LogP contribution in [0.3, 0.4) is 0 Å². The molecule has 1 aliphatic heterocycles. The lowest BCUT2D eigenvalue weighted by atomic mass is 10.0. The van der Waals surface area contributed by atoms with E-state index in [1.165, 1.54) is 6.07 Å². The van der Waals surface area contributed by atoms with Crippen LogP contribution in [-0.2, 0) is 13.0 Å². The van der Waals surface area contributed by atoms with Gasteiger partial charge in [-0.25, -0.2) is 14.4 Å². The topological polar surface area (TPSA) is 51.5 Å². The number of nitrogens with zero attached hydrogens (tertiary/aromatic N) is 3. The van der Waals surface area contributed by atoms with Crippen molar-refractivity contribution in [2.24, 2.45) is 0 Å². The number of halogens is 2. The number of aromatic nitrogens is 3. The number of ether oxygens (including phenoxy) is 1. The van der Waals surface area contributed by atoms with Crippen molar-refractivity contribution in [2.75, 3.05) is 11.9 Å². The number of benzene rings is 1. The minimum absolute atomic E-state index is 0.225. The standard InChI is InChI=1S/C16H14BrFN4O/c1-9-8-22-15(21-9)12(17)7-20-16(22)19-6-11-10-4-5-23-14(10)3-2-13(11)18/h2-3,7-8H,4-6H2,1H3,(H,19,20). The number of nitrogens with one attached hydrogen (secondary N) is 1. The van der Waals surface area contributed by atoms with Gasteiger partial charge in [-0.3, -0.25) is 4.40 Å². The van der Waals surface area contributed by atoms with Crippen molar-refractivity contribution in [3.05, 3.63) is 51.6 Å². The highest BCUT2D eigenvalue weighted by atomic mass is 79.9. The van der Waals surface area contributed by atoms with Gasteiger partial charge in [0.15, 0.2) is 5.65 Å². The van der Waals surface area contributed by atoms with Crippen molar-refractivity contribution in [3.8, 4) is 5.75 Å². The van der Waals surface area contributed by atoms with Gasteiger partial charge < -0.3 is 10.1 Å². The van der Waals surface area contributed by atoms with Crippen molar-refractivity contribution < 1.29 is 9.13 Å². The third-order valence-electron chi connectivity index (χ3n) is 3.93. The van der Waals surface area contributed by atoms with Crippen molar-refractivity contribution in [1.29, 1.82) is 0 Å². The first kappa shape index (κ1) is 14.4. The van der Waals surface area contributed by atoms with Crippen molar-refractivity contribution in [3.63, 3.8) is 0 Å². The summed E-state index contributed by atoms with van der Waals surface area (Å²) in [5.74, 6) is 1.17. The molecule has 0 atom stereocenters. The van der Waals surface area contributed by atoms with E-state index in [0.29, 0.717) is 24.7 Å².